The summed E-state index contributed by atoms with van der Waals surface area (Å²) in [4.78, 5) is 38.8. The van der Waals surface area contributed by atoms with Crippen LogP contribution in [0.15, 0.2) is 70.7 Å². The lowest BCUT2D eigenvalue weighted by molar-refractivity contribution is -0.466. The molecule has 50 heavy (non-hydrogen) atoms. The molecule has 282 valence electrons. The van der Waals surface area contributed by atoms with Crippen LogP contribution in [0.2, 0.25) is 0 Å². The van der Waals surface area contributed by atoms with Crippen LogP contribution < -0.4 is 33.8 Å². The van der Waals surface area contributed by atoms with Gasteiger partial charge in [-0.15, -0.1) is 0 Å². The molecule has 16 nitrogen and oxygen atoms in total. The van der Waals surface area contributed by atoms with Crippen molar-refractivity contribution in [3.8, 4) is 0 Å². The summed E-state index contributed by atoms with van der Waals surface area (Å²) in [6.07, 6.45) is 28.3. The lowest BCUT2D eigenvalue weighted by atomic mass is 10.2. The fourth-order valence-corrected chi connectivity index (χ4v) is 2.62. The molecule has 0 spiro atoms. The maximum Gasteiger partial charge on any atom is 0.387 e. The Morgan fingerprint density at radius 1 is 0.840 bits per heavy atom. The quantitative estimate of drug-likeness (QED) is 0.0260. The van der Waals surface area contributed by atoms with Crippen LogP contribution in [0.4, 0.5) is 0 Å². The lowest BCUT2D eigenvalue weighted by Crippen LogP contribution is -2.68. The lowest BCUT2D eigenvalue weighted by Gasteiger charge is -2.06. The molecule has 14 N–H and O–H groups in total. The number of carbonyl (C=O) groups is 3. The van der Waals surface area contributed by atoms with E-state index in [1.165, 1.54) is 4.90 Å². The molecule has 0 aliphatic heterocycles. The normalized spacial score (nSPS) is 11.6. The average Bonchev–Trinajstić information content (AvgIpc) is 3.01. The van der Waals surface area contributed by atoms with Gasteiger partial charge in [0.2, 0.25) is 5.96 Å². The molecule has 0 unspecified atom stereocenters. The predicted octanol–water partition coefficient (Wildman–Crippen LogP) is 0.725. The number of unbranched alkanes of at least 4 members (excludes halogenated alkanes) is 1. The molecule has 0 saturated heterocycles. The number of aliphatic carboxylic acids is 3. The first-order valence-corrected chi connectivity index (χ1v) is 15.9. The number of allylic oxidation sites excluding steroid dienone is 10. The number of amidine groups is 1. The van der Waals surface area contributed by atoms with Gasteiger partial charge < -0.3 is 47.9 Å². The maximum absolute atomic E-state index is 10.3. The highest BCUT2D eigenvalue weighted by Gasteiger charge is 2.08. The summed E-state index contributed by atoms with van der Waals surface area (Å²) in [6.45, 7) is 5.47. The number of carbonyl (C=O) groups excluding carboxylic acids is 1. The van der Waals surface area contributed by atoms with Gasteiger partial charge in [0, 0.05) is 26.9 Å². The molecule has 0 fully saturated rings. The number of rotatable bonds is 17. The van der Waals surface area contributed by atoms with Gasteiger partial charge >= 0.3 is 17.9 Å². The van der Waals surface area contributed by atoms with Crippen LogP contribution in [0.25, 0.3) is 0 Å². The van der Waals surface area contributed by atoms with E-state index < -0.39 is 23.9 Å². The van der Waals surface area contributed by atoms with E-state index in [9.17, 15) is 19.5 Å². The van der Waals surface area contributed by atoms with Crippen molar-refractivity contribution in [2.75, 3.05) is 28.2 Å². The summed E-state index contributed by atoms with van der Waals surface area (Å²) in [5.41, 5.74) is 23.7. The molecule has 0 aromatic rings. The van der Waals surface area contributed by atoms with Crippen molar-refractivity contribution in [1.29, 1.82) is 5.41 Å². The molecule has 0 radical (unpaired) electrons. The largest absolute Gasteiger partial charge is 0.544 e. The van der Waals surface area contributed by atoms with Gasteiger partial charge in [-0.3, -0.25) is 25.3 Å². The third-order valence-electron chi connectivity index (χ3n) is 5.33. The van der Waals surface area contributed by atoms with E-state index in [1.54, 1.807) is 32.8 Å². The van der Waals surface area contributed by atoms with Gasteiger partial charge in [-0.2, -0.15) is 4.99 Å². The van der Waals surface area contributed by atoms with Gasteiger partial charge in [-0.1, -0.05) is 67.7 Å². The molecule has 0 rings (SSSR count). The molecule has 0 aromatic carbocycles. The number of carboxylic acid groups (broad SMARTS) is 3. The Labute approximate surface area is 297 Å². The van der Waals surface area contributed by atoms with E-state index in [2.05, 4.69) is 90.3 Å². The zero-order chi connectivity index (χ0) is 39.3. The Bertz CT molecular complexity index is 1190. The molecule has 0 saturated carbocycles. The molecule has 0 heterocycles. The van der Waals surface area contributed by atoms with Gasteiger partial charge in [0.05, 0.1) is 26.5 Å². The second-order valence-electron chi connectivity index (χ2n) is 10.6. The zero-order valence-electron chi connectivity index (χ0n) is 30.5. The summed E-state index contributed by atoms with van der Waals surface area (Å²) in [5, 5.41) is 33.6. The first-order valence-electron chi connectivity index (χ1n) is 15.9. The highest BCUT2D eigenvalue weighted by atomic mass is 16.4. The monoisotopic (exact) mass is 706 g/mol. The highest BCUT2D eigenvalue weighted by molar-refractivity contribution is 5.95. The molecule has 16 heteroatoms. The van der Waals surface area contributed by atoms with E-state index in [4.69, 9.17) is 38.6 Å². The summed E-state index contributed by atoms with van der Waals surface area (Å²) in [5.74, 6) is -2.49. The van der Waals surface area contributed by atoms with Crippen LogP contribution in [0.1, 0.15) is 71.1 Å². The minimum Gasteiger partial charge on any atom is -0.544 e. The molecule has 0 aliphatic carbocycles. The van der Waals surface area contributed by atoms with Gasteiger partial charge in [0.15, 0.2) is 0 Å². The predicted molar refractivity (Wildman–Crippen MR) is 200 cm³/mol. The van der Waals surface area contributed by atoms with Crippen molar-refractivity contribution in [2.24, 2.45) is 32.9 Å². The van der Waals surface area contributed by atoms with E-state index in [1.807, 2.05) is 0 Å². The van der Waals surface area contributed by atoms with Crippen molar-refractivity contribution in [1.82, 2.24) is 4.90 Å². The van der Waals surface area contributed by atoms with Crippen molar-refractivity contribution >= 4 is 41.6 Å². The summed E-state index contributed by atoms with van der Waals surface area (Å²) in [7, 11) is 6.94. The Kier molecular flexibility index (Phi) is 37.5. The molecule has 0 amide bonds. The Balaban J connectivity index is -0.000000314. The number of aliphatic imine (C=N–C) groups is 2. The Hall–Kier alpha value is -5.38. The third kappa shape index (κ3) is 49.5. The van der Waals surface area contributed by atoms with Crippen LogP contribution in [-0.4, -0.2) is 95.5 Å². The Morgan fingerprint density at radius 2 is 1.26 bits per heavy atom. The van der Waals surface area contributed by atoms with Crippen LogP contribution >= 0.6 is 0 Å². The summed E-state index contributed by atoms with van der Waals surface area (Å²) < 4.78 is 1.61. The minimum absolute atomic E-state index is 0.0255. The van der Waals surface area contributed by atoms with E-state index in [0.717, 1.165) is 44.9 Å². The van der Waals surface area contributed by atoms with Gasteiger partial charge in [0.1, 0.15) is 13.0 Å². The number of nitrogens with one attached hydrogen (secondary N) is 1. The van der Waals surface area contributed by atoms with E-state index >= 15 is 0 Å². The van der Waals surface area contributed by atoms with Crippen molar-refractivity contribution in [3.63, 3.8) is 0 Å². The number of guanidine groups is 3. The Morgan fingerprint density at radius 3 is 1.54 bits per heavy atom. The van der Waals surface area contributed by atoms with Gasteiger partial charge in [-0.05, 0) is 49.9 Å². The average molecular weight is 707 g/mol. The number of quaternary nitrogens is 1. The number of hydrogen-bond donors (Lipinski definition) is 8. The topological polar surface area (TPSA) is 301 Å². The summed E-state index contributed by atoms with van der Waals surface area (Å²) in [6, 6.07) is -0.920. The zero-order valence-corrected chi connectivity index (χ0v) is 30.5. The fraction of sp³-hybridized carbons (Fsp3) is 0.471. The van der Waals surface area contributed by atoms with E-state index in [-0.39, 0.29) is 37.0 Å². The standard InChI is InChI=1S/C20H30O2.C5H11N4.C5H9NO4.C4H11N5/c1-2-3-4-5-6-7-8-9-10-11-12-13-14-15-16-17-18-19-20(21)22;1-4(6)8-5(7)9(2)3;6-3(5(9)10)1-2-4(7)8;1-9(2)4(7)8-3(5)6/h3-4,6-7,9-10,12-13,15-16H,2,5,8,11,14,17-19H2,1H3,(H,21,22);1H2,2-3H3,(H3,6,7,8);3H,1-2,6H2,(H,7,8)(H,9,10);1-2H3,(H5,5,6,7,8)/q;+1;;/p+1/b4-3-,7-6-,10-9-,13-12-,16-15-;;;/t;;3-;/m..0./s1. The highest BCUT2D eigenvalue weighted by Crippen LogP contribution is 1.99. The molecular weight excluding hydrogens is 644 g/mol. The first-order chi connectivity index (χ1) is 23.4. The first kappa shape index (κ1) is 51.5. The van der Waals surface area contributed by atoms with Crippen molar-refractivity contribution in [3.05, 3.63) is 67.7 Å². The van der Waals surface area contributed by atoms with Gasteiger partial charge in [-0.25, -0.2) is 0 Å². The fourth-order valence-electron chi connectivity index (χ4n) is 2.62. The number of hydrogen-bond acceptors (Lipinski definition) is 5. The molecule has 0 aliphatic rings. The van der Waals surface area contributed by atoms with Crippen molar-refractivity contribution < 1.29 is 40.0 Å². The molecule has 0 aromatic heterocycles. The smallest absolute Gasteiger partial charge is 0.387 e. The van der Waals surface area contributed by atoms with Crippen LogP contribution in [0.5, 0.6) is 0 Å². The second kappa shape index (κ2) is 36.5. The van der Waals surface area contributed by atoms with Gasteiger partial charge in [0.25, 0.3) is 11.8 Å². The molecule has 0 bridgehead atoms. The number of nitrogens with two attached hydrogens (primary N) is 4. The maximum atomic E-state index is 10.3. The SMILES string of the molecule is CC/C=C\C/C=C\C/C=C\C/C=C\C/C=C\CCCC(=O)O.C[N+](C)=C(N)N=C(N)N.[CH2+]C(N)=NC(=N)N(C)C.[NH3+][C@@H](CCC(=O)O)C(=O)[O-]. The molecular formula is C34H62N10O6+2. The third-order valence-corrected chi connectivity index (χ3v) is 5.33. The summed E-state index contributed by atoms with van der Waals surface area (Å²) >= 11 is 0. The number of carboxylic acids is 3. The van der Waals surface area contributed by atoms with Crippen molar-refractivity contribution in [2.45, 2.75) is 77.2 Å². The second-order valence-corrected chi connectivity index (χ2v) is 10.6. The molecule has 1 atom stereocenters. The van der Waals surface area contributed by atoms with Crippen LogP contribution in [0.3, 0.4) is 0 Å². The van der Waals surface area contributed by atoms with E-state index in [0.29, 0.717) is 5.96 Å². The van der Waals surface area contributed by atoms with Crippen LogP contribution in [-0.2, 0) is 14.4 Å². The van der Waals surface area contributed by atoms with Crippen LogP contribution in [0, 0.1) is 12.3 Å². The minimum atomic E-state index is -1.30. The number of nitrogens with zero attached hydrogens (tertiary/aromatic N) is 4.